The van der Waals surface area contributed by atoms with Gasteiger partial charge in [0.1, 0.15) is 5.60 Å². The molecule has 150 valence electrons. The molecule has 4 aliphatic rings. The molecule has 1 saturated heterocycles. The fraction of sp³-hybridized carbons (Fsp3) is 0.826. The van der Waals surface area contributed by atoms with Gasteiger partial charge in [-0.2, -0.15) is 0 Å². The van der Waals surface area contributed by atoms with Gasteiger partial charge in [0.25, 0.3) is 0 Å². The number of nitrogens with one attached hydrogen (secondary N) is 1. The van der Waals surface area contributed by atoms with Gasteiger partial charge in [0.2, 0.25) is 0 Å². The minimum Gasteiger partial charge on any atom is -0.460 e. The zero-order chi connectivity index (χ0) is 19.4. The van der Waals surface area contributed by atoms with Crippen LogP contribution in [0.15, 0.2) is 11.8 Å². The molecule has 0 radical (unpaired) electrons. The quantitative estimate of drug-likeness (QED) is 0.730. The molecule has 0 spiro atoms. The second kappa shape index (κ2) is 6.35. The molecular weight excluding hydrogens is 338 g/mol. The number of piperidine rings is 1. The first kappa shape index (κ1) is 19.0. The van der Waals surface area contributed by atoms with Gasteiger partial charge >= 0.3 is 5.97 Å². The molecule has 0 aromatic heterocycles. The van der Waals surface area contributed by atoms with Crippen molar-refractivity contribution in [2.75, 3.05) is 6.54 Å². The molecule has 5 atom stereocenters. The molecule has 1 aliphatic heterocycles. The number of ketones is 1. The molecule has 0 bridgehead atoms. The third-order valence-electron chi connectivity index (χ3n) is 8.04. The Balaban J connectivity index is 1.56. The van der Waals surface area contributed by atoms with Crippen LogP contribution in [0.3, 0.4) is 0 Å². The standard InChI is InChI=1S/C23H35NO3/c1-21(2,3)27-20(26)13-23-9-5-6-18(23)16-14-24-19-12-15(25)7-10-22(19,4)17(16)8-11-23/h12,16-18,24H,5-11,13-14H2,1-4H3/t16-,17+,18+,22-,23+/m1/s1. The van der Waals surface area contributed by atoms with Gasteiger partial charge in [-0.1, -0.05) is 13.3 Å². The van der Waals surface area contributed by atoms with Crippen LogP contribution in [0, 0.1) is 28.6 Å². The first-order chi connectivity index (χ1) is 12.6. The maximum atomic E-state index is 12.7. The lowest BCUT2D eigenvalue weighted by Crippen LogP contribution is -2.56. The van der Waals surface area contributed by atoms with E-state index >= 15 is 0 Å². The number of carbonyl (C=O) groups is 2. The largest absolute Gasteiger partial charge is 0.460 e. The topological polar surface area (TPSA) is 55.4 Å². The predicted octanol–water partition coefficient (Wildman–Crippen LogP) is 4.39. The van der Waals surface area contributed by atoms with E-state index < -0.39 is 5.60 Å². The molecule has 1 heterocycles. The normalized spacial score (nSPS) is 41.0. The van der Waals surface area contributed by atoms with Crippen molar-refractivity contribution in [3.63, 3.8) is 0 Å². The molecule has 0 aromatic carbocycles. The van der Waals surface area contributed by atoms with Gasteiger partial charge in [-0.15, -0.1) is 0 Å². The number of hydrogen-bond acceptors (Lipinski definition) is 4. The van der Waals surface area contributed by atoms with Crippen molar-refractivity contribution >= 4 is 11.8 Å². The fourth-order valence-corrected chi connectivity index (χ4v) is 6.91. The van der Waals surface area contributed by atoms with Gasteiger partial charge in [0, 0.05) is 30.2 Å². The van der Waals surface area contributed by atoms with Gasteiger partial charge in [0.05, 0.1) is 6.42 Å². The predicted molar refractivity (Wildman–Crippen MR) is 105 cm³/mol. The Hall–Kier alpha value is -1.32. The molecule has 3 fully saturated rings. The fourth-order valence-electron chi connectivity index (χ4n) is 6.91. The van der Waals surface area contributed by atoms with E-state index in [2.05, 4.69) is 12.2 Å². The molecule has 0 aromatic rings. The molecule has 27 heavy (non-hydrogen) atoms. The van der Waals surface area contributed by atoms with Gasteiger partial charge in [0.15, 0.2) is 5.78 Å². The van der Waals surface area contributed by atoms with Crippen LogP contribution >= 0.6 is 0 Å². The maximum absolute atomic E-state index is 12.7. The van der Waals surface area contributed by atoms with Crippen LogP contribution in [0.4, 0.5) is 0 Å². The number of carbonyl (C=O) groups excluding carboxylic acids is 2. The Morgan fingerprint density at radius 1 is 1.22 bits per heavy atom. The second-order valence-electron chi connectivity index (χ2n) is 10.8. The summed E-state index contributed by atoms with van der Waals surface area (Å²) < 4.78 is 5.70. The molecule has 1 N–H and O–H groups in total. The third kappa shape index (κ3) is 3.23. The average Bonchev–Trinajstić information content (AvgIpc) is 2.97. The number of fused-ring (bicyclic) bond motifs is 5. The Kier molecular flexibility index (Phi) is 4.47. The lowest BCUT2D eigenvalue weighted by Gasteiger charge is -2.58. The van der Waals surface area contributed by atoms with Crippen molar-refractivity contribution in [3.8, 4) is 0 Å². The number of hydrogen-bond donors (Lipinski definition) is 1. The van der Waals surface area contributed by atoms with Crippen LogP contribution in [0.1, 0.15) is 79.1 Å². The highest BCUT2D eigenvalue weighted by Crippen LogP contribution is 2.63. The van der Waals surface area contributed by atoms with Crippen LogP contribution in [0.2, 0.25) is 0 Å². The number of allylic oxidation sites excluding steroid dienone is 2. The monoisotopic (exact) mass is 373 g/mol. The van der Waals surface area contributed by atoms with E-state index in [9.17, 15) is 9.59 Å². The van der Waals surface area contributed by atoms with Crippen LogP contribution in [0.25, 0.3) is 0 Å². The Labute approximate surface area is 163 Å². The minimum absolute atomic E-state index is 0.0216. The molecule has 3 aliphatic carbocycles. The number of ether oxygens (including phenoxy) is 1. The second-order valence-corrected chi connectivity index (χ2v) is 10.8. The summed E-state index contributed by atoms with van der Waals surface area (Å²) in [6.45, 7) is 9.19. The van der Waals surface area contributed by atoms with Crippen molar-refractivity contribution < 1.29 is 14.3 Å². The summed E-state index contributed by atoms with van der Waals surface area (Å²) >= 11 is 0. The molecule has 0 amide bonds. The summed E-state index contributed by atoms with van der Waals surface area (Å²) in [5.74, 6) is 2.09. The van der Waals surface area contributed by atoms with E-state index in [1.165, 1.54) is 25.0 Å². The summed E-state index contributed by atoms with van der Waals surface area (Å²) in [5.41, 5.74) is 1.01. The van der Waals surface area contributed by atoms with E-state index in [1.807, 2.05) is 26.8 Å². The van der Waals surface area contributed by atoms with E-state index in [4.69, 9.17) is 4.74 Å². The molecular formula is C23H35NO3. The van der Waals surface area contributed by atoms with Crippen molar-refractivity contribution in [2.24, 2.45) is 28.6 Å². The highest BCUT2D eigenvalue weighted by molar-refractivity contribution is 5.91. The zero-order valence-electron chi connectivity index (χ0n) is 17.4. The van der Waals surface area contributed by atoms with Crippen molar-refractivity contribution in [3.05, 3.63) is 11.8 Å². The smallest absolute Gasteiger partial charge is 0.306 e. The van der Waals surface area contributed by atoms with Crippen LogP contribution in [0.5, 0.6) is 0 Å². The Morgan fingerprint density at radius 3 is 2.74 bits per heavy atom. The lowest BCUT2D eigenvalue weighted by molar-refractivity contribution is -0.161. The van der Waals surface area contributed by atoms with Crippen molar-refractivity contribution in [1.82, 2.24) is 5.32 Å². The van der Waals surface area contributed by atoms with Crippen LogP contribution < -0.4 is 5.32 Å². The zero-order valence-corrected chi connectivity index (χ0v) is 17.4. The highest BCUT2D eigenvalue weighted by atomic mass is 16.6. The summed E-state index contributed by atoms with van der Waals surface area (Å²) in [5, 5.41) is 3.64. The summed E-state index contributed by atoms with van der Waals surface area (Å²) in [6, 6.07) is 0. The first-order valence-corrected chi connectivity index (χ1v) is 10.8. The van der Waals surface area contributed by atoms with E-state index in [0.29, 0.717) is 30.6 Å². The lowest BCUT2D eigenvalue weighted by atomic mass is 9.50. The number of esters is 1. The molecule has 0 unspecified atom stereocenters. The Morgan fingerprint density at radius 2 is 2.00 bits per heavy atom. The van der Waals surface area contributed by atoms with Gasteiger partial charge in [-0.25, -0.2) is 0 Å². The highest BCUT2D eigenvalue weighted by Gasteiger charge is 2.58. The van der Waals surface area contributed by atoms with Gasteiger partial charge in [-0.05, 0) is 76.0 Å². The van der Waals surface area contributed by atoms with Crippen LogP contribution in [-0.4, -0.2) is 23.9 Å². The van der Waals surface area contributed by atoms with E-state index in [-0.39, 0.29) is 22.6 Å². The molecule has 2 saturated carbocycles. The average molecular weight is 374 g/mol. The molecule has 4 nitrogen and oxygen atoms in total. The first-order valence-electron chi connectivity index (χ1n) is 10.8. The SMILES string of the molecule is CC(C)(C)OC(=O)C[C@@]12CCC[C@H]1[C@@H]1CNC3=CC(=O)CC[C@]3(C)[C@H]1CC2. The summed E-state index contributed by atoms with van der Waals surface area (Å²) in [6.07, 6.45) is 10.0. The Bertz CT molecular complexity index is 676. The van der Waals surface area contributed by atoms with E-state index in [0.717, 1.165) is 25.8 Å². The van der Waals surface area contributed by atoms with E-state index in [1.54, 1.807) is 0 Å². The third-order valence-corrected chi connectivity index (χ3v) is 8.04. The van der Waals surface area contributed by atoms with Gasteiger partial charge in [-0.3, -0.25) is 9.59 Å². The van der Waals surface area contributed by atoms with Crippen molar-refractivity contribution in [1.29, 1.82) is 0 Å². The summed E-state index contributed by atoms with van der Waals surface area (Å²) in [7, 11) is 0. The number of rotatable bonds is 2. The minimum atomic E-state index is -0.409. The molecule has 4 rings (SSSR count). The van der Waals surface area contributed by atoms with Gasteiger partial charge < -0.3 is 10.1 Å². The van der Waals surface area contributed by atoms with Crippen LogP contribution in [-0.2, 0) is 14.3 Å². The molecule has 4 heteroatoms. The maximum Gasteiger partial charge on any atom is 0.306 e. The van der Waals surface area contributed by atoms with Crippen molar-refractivity contribution in [2.45, 2.75) is 84.7 Å². The summed E-state index contributed by atoms with van der Waals surface area (Å²) in [4.78, 5) is 24.6.